The predicted molar refractivity (Wildman–Crippen MR) is 103 cm³/mol. The lowest BCUT2D eigenvalue weighted by Gasteiger charge is -2.08. The lowest BCUT2D eigenvalue weighted by atomic mass is 10.2. The summed E-state index contributed by atoms with van der Waals surface area (Å²) in [4.78, 5) is 17.0. The zero-order valence-corrected chi connectivity index (χ0v) is 15.5. The summed E-state index contributed by atoms with van der Waals surface area (Å²) < 4.78 is 15.5. The van der Waals surface area contributed by atoms with Crippen LogP contribution in [0, 0.1) is 5.82 Å². The lowest BCUT2D eigenvalue weighted by Crippen LogP contribution is -2.25. The predicted octanol–water partition coefficient (Wildman–Crippen LogP) is 4.09. The van der Waals surface area contributed by atoms with Crippen LogP contribution in [0.3, 0.4) is 0 Å². The second kappa shape index (κ2) is 7.28. The van der Waals surface area contributed by atoms with Gasteiger partial charge in [-0.1, -0.05) is 25.1 Å². The van der Waals surface area contributed by atoms with Crippen molar-refractivity contribution in [1.82, 2.24) is 19.9 Å². The fraction of sp³-hybridized carbons (Fsp3) is 0.150. The van der Waals surface area contributed by atoms with Crippen LogP contribution in [0.1, 0.15) is 28.7 Å². The number of halogens is 1. The first-order valence-corrected chi connectivity index (χ1v) is 9.54. The number of aryl methyl sites for hydroxylation is 1. The van der Waals surface area contributed by atoms with E-state index in [-0.39, 0.29) is 18.3 Å². The van der Waals surface area contributed by atoms with Gasteiger partial charge in [-0.15, -0.1) is 0 Å². The number of thiophene rings is 1. The molecule has 5 nitrogen and oxygen atoms in total. The molecule has 1 N–H and O–H groups in total. The third kappa shape index (κ3) is 3.46. The molecule has 0 radical (unpaired) electrons. The molecule has 0 saturated carbocycles. The summed E-state index contributed by atoms with van der Waals surface area (Å²) in [6, 6.07) is 12.0. The Morgan fingerprint density at radius 1 is 1.26 bits per heavy atom. The van der Waals surface area contributed by atoms with Crippen LogP contribution in [0.5, 0.6) is 0 Å². The second-order valence-electron chi connectivity index (χ2n) is 6.07. The molecule has 0 spiro atoms. The highest BCUT2D eigenvalue weighted by atomic mass is 32.1. The molecule has 0 aliphatic carbocycles. The van der Waals surface area contributed by atoms with E-state index in [0.29, 0.717) is 23.3 Å². The fourth-order valence-corrected chi connectivity index (χ4v) is 3.51. The standard InChI is InChI=1S/C20H17FN4OS/c1-2-15-9-18(20(26)22-11-13-5-3-4-6-16(13)21)23-19-10-17(24-25(15)19)14-7-8-27-12-14/h3-10,12H,2,11H2,1H3,(H,22,26). The van der Waals surface area contributed by atoms with E-state index < -0.39 is 0 Å². The van der Waals surface area contributed by atoms with Gasteiger partial charge in [0.2, 0.25) is 0 Å². The molecule has 27 heavy (non-hydrogen) atoms. The molecule has 0 aliphatic rings. The largest absolute Gasteiger partial charge is 0.347 e. The van der Waals surface area contributed by atoms with E-state index in [9.17, 15) is 9.18 Å². The quantitative estimate of drug-likeness (QED) is 0.567. The van der Waals surface area contributed by atoms with E-state index in [1.54, 1.807) is 40.1 Å². The number of benzene rings is 1. The minimum absolute atomic E-state index is 0.110. The van der Waals surface area contributed by atoms with Gasteiger partial charge in [0, 0.05) is 34.8 Å². The maximum atomic E-state index is 13.7. The zero-order valence-electron chi connectivity index (χ0n) is 14.6. The SMILES string of the molecule is CCc1cc(C(=O)NCc2ccccc2F)nc2cc(-c3ccsc3)nn12. The first kappa shape index (κ1) is 17.4. The van der Waals surface area contributed by atoms with Gasteiger partial charge in [-0.2, -0.15) is 16.4 Å². The third-order valence-electron chi connectivity index (χ3n) is 4.31. The normalized spacial score (nSPS) is 11.0. The zero-order chi connectivity index (χ0) is 18.8. The third-order valence-corrected chi connectivity index (χ3v) is 4.99. The van der Waals surface area contributed by atoms with E-state index >= 15 is 0 Å². The molecule has 1 amide bonds. The number of nitrogens with one attached hydrogen (secondary N) is 1. The molecule has 0 bridgehead atoms. The van der Waals surface area contributed by atoms with E-state index in [0.717, 1.165) is 17.0 Å². The van der Waals surface area contributed by atoms with Crippen LogP contribution in [0.4, 0.5) is 4.39 Å². The van der Waals surface area contributed by atoms with E-state index in [2.05, 4.69) is 15.4 Å². The molecule has 4 rings (SSSR count). The van der Waals surface area contributed by atoms with Gasteiger partial charge >= 0.3 is 0 Å². The molecule has 0 fully saturated rings. The number of carbonyl (C=O) groups is 1. The summed E-state index contributed by atoms with van der Waals surface area (Å²) in [7, 11) is 0. The van der Waals surface area contributed by atoms with Crippen molar-refractivity contribution in [2.75, 3.05) is 0 Å². The maximum Gasteiger partial charge on any atom is 0.270 e. The molecule has 136 valence electrons. The summed E-state index contributed by atoms with van der Waals surface area (Å²) in [5.74, 6) is -0.680. The molecule has 0 saturated heterocycles. The number of hydrogen-bond donors (Lipinski definition) is 1. The molecule has 1 aromatic carbocycles. The summed E-state index contributed by atoms with van der Waals surface area (Å²) in [6.07, 6.45) is 0.706. The van der Waals surface area contributed by atoms with Crippen LogP contribution < -0.4 is 5.32 Å². The Hall–Kier alpha value is -3.06. The molecular weight excluding hydrogens is 363 g/mol. The summed E-state index contributed by atoms with van der Waals surface area (Å²) >= 11 is 1.60. The van der Waals surface area contributed by atoms with Gasteiger partial charge in [-0.05, 0) is 30.0 Å². The first-order valence-electron chi connectivity index (χ1n) is 8.59. The lowest BCUT2D eigenvalue weighted by molar-refractivity contribution is 0.0945. The van der Waals surface area contributed by atoms with Crippen molar-refractivity contribution in [3.05, 3.63) is 76.0 Å². The Labute approximate surface area is 159 Å². The Kier molecular flexibility index (Phi) is 4.68. The van der Waals surface area contributed by atoms with Gasteiger partial charge in [-0.3, -0.25) is 4.79 Å². The van der Waals surface area contributed by atoms with Crippen molar-refractivity contribution < 1.29 is 9.18 Å². The van der Waals surface area contributed by atoms with Gasteiger partial charge in [-0.25, -0.2) is 13.9 Å². The van der Waals surface area contributed by atoms with Crippen LogP contribution >= 0.6 is 11.3 Å². The number of amides is 1. The number of nitrogens with zero attached hydrogens (tertiary/aromatic N) is 3. The minimum atomic E-state index is -0.341. The van der Waals surface area contributed by atoms with Gasteiger partial charge in [0.25, 0.3) is 5.91 Å². The van der Waals surface area contributed by atoms with Crippen molar-refractivity contribution in [2.45, 2.75) is 19.9 Å². The van der Waals surface area contributed by atoms with Crippen molar-refractivity contribution in [3.63, 3.8) is 0 Å². The number of fused-ring (bicyclic) bond motifs is 1. The number of aromatic nitrogens is 3. The summed E-state index contributed by atoms with van der Waals surface area (Å²) in [5.41, 5.74) is 4.09. The molecule has 7 heteroatoms. The average molecular weight is 380 g/mol. The average Bonchev–Trinajstić information content (AvgIpc) is 3.35. The van der Waals surface area contributed by atoms with Crippen LogP contribution in [0.2, 0.25) is 0 Å². The number of carbonyl (C=O) groups excluding carboxylic acids is 1. The van der Waals surface area contributed by atoms with E-state index in [4.69, 9.17) is 0 Å². The van der Waals surface area contributed by atoms with Gasteiger partial charge < -0.3 is 5.32 Å². The number of hydrogen-bond acceptors (Lipinski definition) is 4. The topological polar surface area (TPSA) is 59.3 Å². The molecule has 3 heterocycles. The summed E-state index contributed by atoms with van der Waals surface area (Å²) in [5, 5.41) is 11.4. The molecular formula is C20H17FN4OS. The molecule has 0 atom stereocenters. The fourth-order valence-electron chi connectivity index (χ4n) is 2.86. The second-order valence-corrected chi connectivity index (χ2v) is 6.85. The summed E-state index contributed by atoms with van der Waals surface area (Å²) in [6.45, 7) is 2.11. The highest BCUT2D eigenvalue weighted by Gasteiger charge is 2.15. The smallest absolute Gasteiger partial charge is 0.270 e. The van der Waals surface area contributed by atoms with Gasteiger partial charge in [0.1, 0.15) is 11.5 Å². The molecule has 4 aromatic rings. The van der Waals surface area contributed by atoms with Gasteiger partial charge in [0.15, 0.2) is 5.65 Å². The first-order chi connectivity index (χ1) is 13.2. The van der Waals surface area contributed by atoms with Crippen molar-refractivity contribution in [3.8, 4) is 11.3 Å². The molecule has 0 unspecified atom stereocenters. The highest BCUT2D eigenvalue weighted by Crippen LogP contribution is 2.22. The number of rotatable bonds is 5. The molecule has 3 aromatic heterocycles. The molecule has 0 aliphatic heterocycles. The minimum Gasteiger partial charge on any atom is -0.347 e. The Bertz CT molecular complexity index is 1100. The Balaban J connectivity index is 1.63. The van der Waals surface area contributed by atoms with Gasteiger partial charge in [0.05, 0.1) is 5.69 Å². The van der Waals surface area contributed by atoms with Crippen LogP contribution in [0.25, 0.3) is 16.9 Å². The Morgan fingerprint density at radius 2 is 2.11 bits per heavy atom. The van der Waals surface area contributed by atoms with Crippen LogP contribution in [-0.4, -0.2) is 20.5 Å². The van der Waals surface area contributed by atoms with Crippen molar-refractivity contribution >= 4 is 22.9 Å². The van der Waals surface area contributed by atoms with Crippen LogP contribution in [0.15, 0.2) is 53.2 Å². The van der Waals surface area contributed by atoms with Crippen molar-refractivity contribution in [2.24, 2.45) is 0 Å². The van der Waals surface area contributed by atoms with Crippen molar-refractivity contribution in [1.29, 1.82) is 0 Å². The Morgan fingerprint density at radius 3 is 2.85 bits per heavy atom. The van der Waals surface area contributed by atoms with E-state index in [1.165, 1.54) is 6.07 Å². The van der Waals surface area contributed by atoms with E-state index in [1.807, 2.05) is 29.8 Å². The highest BCUT2D eigenvalue weighted by molar-refractivity contribution is 7.08. The maximum absolute atomic E-state index is 13.7. The van der Waals surface area contributed by atoms with Crippen LogP contribution in [-0.2, 0) is 13.0 Å². The monoisotopic (exact) mass is 380 g/mol.